The first-order valence-corrected chi connectivity index (χ1v) is 12.0. The fraction of sp³-hybridized carbons (Fsp3) is 0.692. The zero-order chi connectivity index (χ0) is 23.1. The summed E-state index contributed by atoms with van der Waals surface area (Å²) in [4.78, 5) is 26.7. The Morgan fingerprint density at radius 3 is 2.53 bits per heavy atom. The molecule has 0 aromatic heterocycles. The minimum Gasteiger partial charge on any atom is -0.392 e. The van der Waals surface area contributed by atoms with Crippen LogP contribution < -0.4 is 5.32 Å². The highest BCUT2D eigenvalue weighted by Gasteiger charge is 2.75. The van der Waals surface area contributed by atoms with E-state index in [0.717, 1.165) is 6.42 Å². The van der Waals surface area contributed by atoms with Gasteiger partial charge >= 0.3 is 0 Å². The highest BCUT2D eigenvalue weighted by molar-refractivity contribution is 5.93. The first-order valence-electron chi connectivity index (χ1n) is 12.0. The minimum atomic E-state index is -1.19. The second-order valence-electron chi connectivity index (χ2n) is 11.5. The molecule has 1 unspecified atom stereocenters. The Balaban J connectivity index is 1.50. The van der Waals surface area contributed by atoms with Gasteiger partial charge in [-0.1, -0.05) is 32.9 Å². The number of Topliss-reactive ketones (excluding diaryl/α,β-unsaturated/α-hetero) is 2. The summed E-state index contributed by atoms with van der Waals surface area (Å²) in [5.41, 5.74) is -1.68. The van der Waals surface area contributed by atoms with Gasteiger partial charge in [0.15, 0.2) is 0 Å². The number of fused-ring (bicyclic) bond motifs is 3. The molecule has 4 aliphatic rings. The molecule has 6 heteroatoms. The van der Waals surface area contributed by atoms with E-state index in [1.165, 1.54) is 6.07 Å². The van der Waals surface area contributed by atoms with Crippen LogP contribution in [0.15, 0.2) is 24.3 Å². The fourth-order valence-corrected chi connectivity index (χ4v) is 8.41. The molecule has 0 amide bonds. The lowest BCUT2D eigenvalue weighted by atomic mass is 9.39. The van der Waals surface area contributed by atoms with E-state index in [1.54, 1.807) is 18.2 Å². The number of benzene rings is 1. The van der Waals surface area contributed by atoms with Crippen molar-refractivity contribution in [2.24, 2.45) is 39.9 Å². The molecule has 3 N–H and O–H groups in total. The van der Waals surface area contributed by atoms with Crippen LogP contribution in [0.1, 0.15) is 52.9 Å². The quantitative estimate of drug-likeness (QED) is 0.665. The average Bonchev–Trinajstić information content (AvgIpc) is 2.86. The predicted octanol–water partition coefficient (Wildman–Crippen LogP) is 3.59. The van der Waals surface area contributed by atoms with E-state index in [2.05, 4.69) is 12.2 Å². The molecule has 1 aromatic rings. The number of hydrogen-bond acceptors (Lipinski definition) is 5. The number of aliphatic hydroxyl groups is 2. The summed E-state index contributed by atoms with van der Waals surface area (Å²) >= 11 is 0. The Labute approximate surface area is 188 Å². The molecular formula is C26H34FNO4. The van der Waals surface area contributed by atoms with Crippen LogP contribution in [-0.2, 0) is 9.59 Å². The van der Waals surface area contributed by atoms with Gasteiger partial charge < -0.3 is 15.5 Å². The largest absolute Gasteiger partial charge is 0.392 e. The summed E-state index contributed by atoms with van der Waals surface area (Å²) in [6.45, 7) is 6.37. The number of anilines is 1. The van der Waals surface area contributed by atoms with Crippen molar-refractivity contribution in [3.8, 4) is 0 Å². The zero-order valence-corrected chi connectivity index (χ0v) is 19.1. The summed E-state index contributed by atoms with van der Waals surface area (Å²) in [5.74, 6) is -1.12. The van der Waals surface area contributed by atoms with Crippen LogP contribution in [0.3, 0.4) is 0 Å². The highest BCUT2D eigenvalue weighted by atomic mass is 19.1. The Hall–Kier alpha value is -1.79. The molecule has 0 radical (unpaired) electrons. The number of carbonyl (C=O) groups excluding carboxylic acids is 2. The number of nitrogens with one attached hydrogen (secondary N) is 1. The van der Waals surface area contributed by atoms with Crippen molar-refractivity contribution in [2.75, 3.05) is 11.9 Å². The zero-order valence-electron chi connectivity index (χ0n) is 19.1. The number of ketones is 2. The Morgan fingerprint density at radius 1 is 1.09 bits per heavy atom. The van der Waals surface area contributed by atoms with Crippen molar-refractivity contribution in [1.82, 2.24) is 0 Å². The molecule has 4 saturated carbocycles. The Morgan fingerprint density at radius 2 is 1.81 bits per heavy atom. The molecule has 5 rings (SSSR count). The lowest BCUT2D eigenvalue weighted by Crippen LogP contribution is -2.68. The van der Waals surface area contributed by atoms with Gasteiger partial charge in [0.25, 0.3) is 0 Å². The maximum Gasteiger partial charge on any atom is 0.149 e. The molecule has 1 spiro atoms. The highest BCUT2D eigenvalue weighted by Crippen LogP contribution is 2.70. The van der Waals surface area contributed by atoms with Gasteiger partial charge in [-0.2, -0.15) is 0 Å². The third-order valence-corrected chi connectivity index (χ3v) is 10.0. The van der Waals surface area contributed by atoms with Crippen LogP contribution >= 0.6 is 0 Å². The third kappa shape index (κ3) is 2.62. The molecule has 0 heterocycles. The van der Waals surface area contributed by atoms with Crippen LogP contribution in [-0.4, -0.2) is 40.5 Å². The van der Waals surface area contributed by atoms with E-state index < -0.39 is 29.0 Å². The van der Waals surface area contributed by atoms with E-state index in [-0.39, 0.29) is 47.1 Å². The van der Waals surface area contributed by atoms with Gasteiger partial charge in [0, 0.05) is 24.3 Å². The van der Waals surface area contributed by atoms with Crippen LogP contribution in [0.5, 0.6) is 0 Å². The van der Waals surface area contributed by atoms with Crippen LogP contribution in [0.4, 0.5) is 10.1 Å². The van der Waals surface area contributed by atoms with Crippen molar-refractivity contribution >= 4 is 17.3 Å². The van der Waals surface area contributed by atoms with Crippen molar-refractivity contribution in [1.29, 1.82) is 0 Å². The Kier molecular flexibility index (Phi) is 4.89. The molecule has 32 heavy (non-hydrogen) atoms. The topological polar surface area (TPSA) is 86.6 Å². The van der Waals surface area contributed by atoms with Gasteiger partial charge in [-0.05, 0) is 61.0 Å². The lowest BCUT2D eigenvalue weighted by Gasteiger charge is -2.64. The molecule has 1 aromatic carbocycles. The van der Waals surface area contributed by atoms with Crippen LogP contribution in [0.25, 0.3) is 0 Å². The van der Waals surface area contributed by atoms with Crippen molar-refractivity contribution in [2.45, 2.75) is 65.1 Å². The number of para-hydroxylation sites is 1. The molecule has 4 aliphatic carbocycles. The summed E-state index contributed by atoms with van der Waals surface area (Å²) in [6, 6.07) is 6.37. The van der Waals surface area contributed by atoms with Gasteiger partial charge in [0.2, 0.25) is 0 Å². The van der Waals surface area contributed by atoms with Gasteiger partial charge in [-0.3, -0.25) is 9.59 Å². The number of hydrogen-bond donors (Lipinski definition) is 3. The second-order valence-corrected chi connectivity index (χ2v) is 11.5. The number of carbonyl (C=O) groups is 2. The number of halogens is 1. The normalized spacial score (nSPS) is 44.7. The fourth-order valence-electron chi connectivity index (χ4n) is 8.41. The Bertz CT molecular complexity index is 963. The second kappa shape index (κ2) is 7.10. The summed E-state index contributed by atoms with van der Waals surface area (Å²) < 4.78 is 14.1. The molecule has 8 atom stereocenters. The third-order valence-electron chi connectivity index (χ3n) is 10.0. The van der Waals surface area contributed by atoms with Gasteiger partial charge in [0.1, 0.15) is 17.4 Å². The van der Waals surface area contributed by atoms with Crippen molar-refractivity contribution in [3.63, 3.8) is 0 Å². The van der Waals surface area contributed by atoms with Crippen molar-refractivity contribution < 1.29 is 24.2 Å². The van der Waals surface area contributed by atoms with Crippen molar-refractivity contribution in [3.05, 3.63) is 30.1 Å². The monoisotopic (exact) mass is 443 g/mol. The lowest BCUT2D eigenvalue weighted by molar-refractivity contribution is -0.222. The summed E-state index contributed by atoms with van der Waals surface area (Å²) in [6.07, 6.45) is 1.12. The number of aliphatic hydroxyl groups excluding tert-OH is 2. The van der Waals surface area contributed by atoms with E-state index in [1.807, 2.05) is 13.8 Å². The predicted molar refractivity (Wildman–Crippen MR) is 118 cm³/mol. The minimum absolute atomic E-state index is 0.0194. The van der Waals surface area contributed by atoms with Crippen LogP contribution in [0.2, 0.25) is 0 Å². The summed E-state index contributed by atoms with van der Waals surface area (Å²) in [5, 5.41) is 26.0. The molecular weight excluding hydrogens is 409 g/mol. The first-order chi connectivity index (χ1) is 15.1. The van der Waals surface area contributed by atoms with E-state index in [4.69, 9.17) is 0 Å². The molecule has 5 nitrogen and oxygen atoms in total. The molecule has 0 saturated heterocycles. The van der Waals surface area contributed by atoms with Crippen LogP contribution in [0, 0.1) is 45.7 Å². The molecule has 2 bridgehead atoms. The van der Waals surface area contributed by atoms with E-state index in [9.17, 15) is 24.2 Å². The van der Waals surface area contributed by atoms with Gasteiger partial charge in [0.05, 0.1) is 23.3 Å². The molecule has 4 fully saturated rings. The SMILES string of the molecule is CC1(C)C(=O)CC[C@]2(C)[C@@H]1C[C@@H](O)[C@]13C(=O)C(CNc4ccccc4F)[C@H](CC[C@@H]21)[C@H]3O. The maximum absolute atomic E-state index is 14.1. The van der Waals surface area contributed by atoms with E-state index >= 15 is 0 Å². The maximum atomic E-state index is 14.1. The standard InChI is InChI=1S/C26H34FNO4/c1-24(2)19-12-21(30)26-18(25(19,3)11-10-20(24)29)9-8-14(22(26)31)15(23(26)32)13-28-17-7-5-4-6-16(17)27/h4-7,14-15,18-19,21-22,28,30-31H,8-13H2,1-3H3/t14-,15?,18-,19+,21+,22+,25-,26+/m0/s1. The average molecular weight is 444 g/mol. The smallest absolute Gasteiger partial charge is 0.149 e. The molecule has 174 valence electrons. The number of rotatable bonds is 3. The van der Waals surface area contributed by atoms with Gasteiger partial charge in [-0.25, -0.2) is 4.39 Å². The summed E-state index contributed by atoms with van der Waals surface area (Å²) in [7, 11) is 0. The van der Waals surface area contributed by atoms with E-state index in [0.29, 0.717) is 31.4 Å². The first kappa shape index (κ1) is 22.0. The molecule has 0 aliphatic heterocycles. The van der Waals surface area contributed by atoms with Gasteiger partial charge in [-0.15, -0.1) is 0 Å².